The van der Waals surface area contributed by atoms with Crippen LogP contribution in [0.1, 0.15) is 0 Å². The zero-order chi connectivity index (χ0) is 33.3. The molecule has 9 rings (SSSR count). The smallest absolute Gasteiger partial charge is 0.0462 e. The number of nitrogens with zero attached hydrogens (tertiary/aromatic N) is 1. The SMILES string of the molecule is c1ccc(-c2ccc(N(c3ccc(-c4cccc(-c5ccccc5)c4)cc3)c3ccc(-c4cccc5c4sc4ccccc45)cc3)cc2)cc1. The number of fused-ring (bicyclic) bond motifs is 3. The Bertz CT molecular complexity index is 2550. The van der Waals surface area contributed by atoms with E-state index in [2.05, 4.69) is 205 Å². The molecule has 0 spiro atoms. The average molecular weight is 656 g/mol. The lowest BCUT2D eigenvalue weighted by atomic mass is 9.98. The number of thiophene rings is 1. The Morgan fingerprint density at radius 3 is 1.32 bits per heavy atom. The van der Waals surface area contributed by atoms with Crippen molar-refractivity contribution in [3.05, 3.63) is 200 Å². The second-order valence-electron chi connectivity index (χ2n) is 12.6. The highest BCUT2D eigenvalue weighted by Crippen LogP contribution is 2.42. The second kappa shape index (κ2) is 13.0. The Labute approximate surface area is 297 Å². The molecule has 50 heavy (non-hydrogen) atoms. The van der Waals surface area contributed by atoms with Gasteiger partial charge in [-0.3, -0.25) is 0 Å². The van der Waals surface area contributed by atoms with Crippen molar-refractivity contribution in [2.24, 2.45) is 0 Å². The largest absolute Gasteiger partial charge is 0.311 e. The van der Waals surface area contributed by atoms with Crippen LogP contribution in [0.2, 0.25) is 0 Å². The van der Waals surface area contributed by atoms with E-state index in [0.717, 1.165) is 17.1 Å². The minimum atomic E-state index is 1.11. The molecule has 0 amide bonds. The van der Waals surface area contributed by atoms with Gasteiger partial charge in [-0.25, -0.2) is 0 Å². The summed E-state index contributed by atoms with van der Waals surface area (Å²) in [4.78, 5) is 2.35. The van der Waals surface area contributed by atoms with E-state index < -0.39 is 0 Å². The lowest BCUT2D eigenvalue weighted by Gasteiger charge is -2.26. The van der Waals surface area contributed by atoms with Crippen LogP contribution in [0.4, 0.5) is 17.1 Å². The quantitative estimate of drug-likeness (QED) is 0.165. The van der Waals surface area contributed by atoms with Crippen molar-refractivity contribution in [2.75, 3.05) is 4.90 Å². The van der Waals surface area contributed by atoms with Crippen LogP contribution < -0.4 is 4.90 Å². The first kappa shape index (κ1) is 29.9. The Balaban J connectivity index is 1.09. The molecule has 1 heterocycles. The van der Waals surface area contributed by atoms with Crippen molar-refractivity contribution >= 4 is 48.6 Å². The molecule has 0 radical (unpaired) electrons. The van der Waals surface area contributed by atoms with Crippen molar-refractivity contribution in [2.45, 2.75) is 0 Å². The molecule has 1 aromatic heterocycles. The van der Waals surface area contributed by atoms with Crippen LogP contribution in [-0.2, 0) is 0 Å². The Kier molecular flexibility index (Phi) is 7.77. The van der Waals surface area contributed by atoms with Crippen molar-refractivity contribution in [3.8, 4) is 44.5 Å². The maximum absolute atomic E-state index is 2.35. The van der Waals surface area contributed by atoms with Gasteiger partial charge in [-0.15, -0.1) is 11.3 Å². The van der Waals surface area contributed by atoms with Crippen LogP contribution in [0.5, 0.6) is 0 Å². The summed E-state index contributed by atoms with van der Waals surface area (Å²) in [5.41, 5.74) is 13.1. The highest BCUT2D eigenvalue weighted by atomic mass is 32.1. The summed E-state index contributed by atoms with van der Waals surface area (Å²) in [5.74, 6) is 0. The molecular formula is C48H33NS. The maximum Gasteiger partial charge on any atom is 0.0462 e. The monoisotopic (exact) mass is 655 g/mol. The Hall–Kier alpha value is -6.22. The van der Waals surface area contributed by atoms with Crippen molar-refractivity contribution in [3.63, 3.8) is 0 Å². The van der Waals surface area contributed by atoms with Crippen molar-refractivity contribution in [1.82, 2.24) is 0 Å². The molecule has 236 valence electrons. The van der Waals surface area contributed by atoms with Crippen LogP contribution in [0.15, 0.2) is 200 Å². The van der Waals surface area contributed by atoms with E-state index in [-0.39, 0.29) is 0 Å². The molecule has 0 saturated carbocycles. The minimum Gasteiger partial charge on any atom is -0.311 e. The lowest BCUT2D eigenvalue weighted by molar-refractivity contribution is 1.28. The van der Waals surface area contributed by atoms with Crippen LogP contribution in [0, 0.1) is 0 Å². The first-order chi connectivity index (χ1) is 24.8. The summed E-state index contributed by atoms with van der Waals surface area (Å²) >= 11 is 1.88. The van der Waals surface area contributed by atoms with Gasteiger partial charge in [0, 0.05) is 37.2 Å². The highest BCUT2D eigenvalue weighted by Gasteiger charge is 2.15. The first-order valence-corrected chi connectivity index (χ1v) is 17.8. The van der Waals surface area contributed by atoms with Crippen molar-refractivity contribution < 1.29 is 0 Å². The summed E-state index contributed by atoms with van der Waals surface area (Å²) < 4.78 is 2.66. The zero-order valence-corrected chi connectivity index (χ0v) is 28.2. The normalized spacial score (nSPS) is 11.2. The molecule has 0 saturated heterocycles. The number of hydrogen-bond acceptors (Lipinski definition) is 2. The van der Waals surface area contributed by atoms with Gasteiger partial charge in [0.15, 0.2) is 0 Å². The highest BCUT2D eigenvalue weighted by molar-refractivity contribution is 7.26. The first-order valence-electron chi connectivity index (χ1n) is 17.0. The molecule has 0 aliphatic rings. The number of anilines is 3. The maximum atomic E-state index is 2.35. The third kappa shape index (κ3) is 5.66. The molecule has 0 aliphatic carbocycles. The van der Waals surface area contributed by atoms with Crippen molar-refractivity contribution in [1.29, 1.82) is 0 Å². The van der Waals surface area contributed by atoms with Gasteiger partial charge in [-0.05, 0) is 93.0 Å². The molecule has 1 nitrogen and oxygen atoms in total. The fraction of sp³-hybridized carbons (Fsp3) is 0. The molecule has 0 fully saturated rings. The number of benzene rings is 8. The van der Waals surface area contributed by atoms with E-state index in [4.69, 9.17) is 0 Å². The van der Waals surface area contributed by atoms with Gasteiger partial charge in [0.2, 0.25) is 0 Å². The third-order valence-corrected chi connectivity index (χ3v) is 10.7. The predicted octanol–water partition coefficient (Wildman–Crippen LogP) is 14.2. The Morgan fingerprint density at radius 2 is 0.720 bits per heavy atom. The molecule has 0 aliphatic heterocycles. The Morgan fingerprint density at radius 1 is 0.300 bits per heavy atom. The van der Waals surface area contributed by atoms with Crippen LogP contribution >= 0.6 is 11.3 Å². The molecule has 2 heteroatoms. The molecule has 9 aromatic rings. The molecule has 0 atom stereocenters. The summed E-state index contributed by atoms with van der Waals surface area (Å²) in [6, 6.07) is 72.2. The van der Waals surface area contributed by atoms with E-state index in [1.165, 1.54) is 64.7 Å². The fourth-order valence-corrected chi connectivity index (χ4v) is 8.20. The summed E-state index contributed by atoms with van der Waals surface area (Å²) in [7, 11) is 0. The predicted molar refractivity (Wildman–Crippen MR) is 216 cm³/mol. The van der Waals surface area contributed by atoms with Crippen LogP contribution in [-0.4, -0.2) is 0 Å². The van der Waals surface area contributed by atoms with Crippen LogP contribution in [0.3, 0.4) is 0 Å². The van der Waals surface area contributed by atoms with Gasteiger partial charge < -0.3 is 4.90 Å². The molecular weight excluding hydrogens is 623 g/mol. The summed E-state index contributed by atoms with van der Waals surface area (Å²) in [5, 5.41) is 2.65. The topological polar surface area (TPSA) is 3.24 Å². The second-order valence-corrected chi connectivity index (χ2v) is 13.6. The lowest BCUT2D eigenvalue weighted by Crippen LogP contribution is -2.09. The minimum absolute atomic E-state index is 1.11. The molecule has 0 N–H and O–H groups in total. The zero-order valence-electron chi connectivity index (χ0n) is 27.4. The molecule has 0 unspecified atom stereocenters. The van der Waals surface area contributed by atoms with Gasteiger partial charge in [0.1, 0.15) is 0 Å². The van der Waals surface area contributed by atoms with E-state index in [1.54, 1.807) is 0 Å². The van der Waals surface area contributed by atoms with Gasteiger partial charge in [0.05, 0.1) is 0 Å². The van der Waals surface area contributed by atoms with E-state index >= 15 is 0 Å². The average Bonchev–Trinajstić information content (AvgIpc) is 3.59. The number of hydrogen-bond donors (Lipinski definition) is 0. The van der Waals surface area contributed by atoms with Gasteiger partial charge >= 0.3 is 0 Å². The van der Waals surface area contributed by atoms with Gasteiger partial charge in [-0.2, -0.15) is 0 Å². The summed E-state index contributed by atoms with van der Waals surface area (Å²) in [6.45, 7) is 0. The summed E-state index contributed by atoms with van der Waals surface area (Å²) in [6.07, 6.45) is 0. The third-order valence-electron chi connectivity index (χ3n) is 9.50. The standard InChI is InChI=1S/C48H33NS/c1-3-11-34(12-4-1)36-21-27-41(28-22-36)49(42-29-23-37(24-30-42)40-16-9-15-39(33-40)35-13-5-2-6-14-35)43-31-25-38(26-32-43)44-18-10-19-46-45-17-7-8-20-47(45)50-48(44)46/h1-33H. The van der Waals surface area contributed by atoms with Gasteiger partial charge in [-0.1, -0.05) is 152 Å². The van der Waals surface area contributed by atoms with Gasteiger partial charge in [0.25, 0.3) is 0 Å². The van der Waals surface area contributed by atoms with E-state index in [1.807, 2.05) is 11.3 Å². The fourth-order valence-electron chi connectivity index (χ4n) is 6.96. The van der Waals surface area contributed by atoms with Crippen LogP contribution in [0.25, 0.3) is 64.7 Å². The van der Waals surface area contributed by atoms with E-state index in [9.17, 15) is 0 Å². The molecule has 0 bridgehead atoms. The van der Waals surface area contributed by atoms with E-state index in [0.29, 0.717) is 0 Å². The molecule has 8 aromatic carbocycles. The number of rotatable bonds is 7.